The monoisotopic (exact) mass is 815 g/mol. The first kappa shape index (κ1) is 54.4. The molecule has 0 aromatic carbocycles. The molecule has 0 fully saturated rings. The second-order valence-electron chi connectivity index (χ2n) is 14.5. The van der Waals surface area contributed by atoms with Gasteiger partial charge in [-0.15, -0.1) is 0 Å². The second-order valence-corrected chi connectivity index (χ2v) is 16.0. The van der Waals surface area contributed by atoms with E-state index in [2.05, 4.69) is 104 Å². The Morgan fingerprint density at radius 1 is 0.596 bits per heavy atom. The molecule has 0 heterocycles. The molecule has 57 heavy (non-hydrogen) atoms. The number of hydrogen-bond donors (Lipinski definition) is 4. The lowest BCUT2D eigenvalue weighted by Gasteiger charge is -2.23. The van der Waals surface area contributed by atoms with Crippen LogP contribution in [0.4, 0.5) is 0 Å². The van der Waals surface area contributed by atoms with Gasteiger partial charge in [-0.25, -0.2) is 4.57 Å². The Balaban J connectivity index is 4.28. The molecule has 0 rings (SSSR count). The molecule has 0 aromatic heterocycles. The molecule has 0 aliphatic heterocycles. The van der Waals surface area contributed by atoms with Gasteiger partial charge in [-0.2, -0.15) is 0 Å². The van der Waals surface area contributed by atoms with E-state index in [-0.39, 0.29) is 25.7 Å². The highest BCUT2D eigenvalue weighted by Gasteiger charge is 2.26. The molecule has 9 heteroatoms. The molecule has 0 aliphatic carbocycles. The van der Waals surface area contributed by atoms with Crippen molar-refractivity contribution in [3.63, 3.8) is 0 Å². The number of carbonyl (C=O) groups excluding carboxylic acids is 1. The summed E-state index contributed by atoms with van der Waals surface area (Å²) in [6, 6.07) is -0.896. The summed E-state index contributed by atoms with van der Waals surface area (Å²) in [5, 5.41) is 13.6. The average Bonchev–Trinajstić information content (AvgIpc) is 3.20. The fourth-order valence-electron chi connectivity index (χ4n) is 5.78. The summed E-state index contributed by atoms with van der Waals surface area (Å²) >= 11 is 0. The molecule has 0 bridgehead atoms. The Labute approximate surface area is 349 Å². The molecule has 0 aromatic rings. The van der Waals surface area contributed by atoms with Crippen molar-refractivity contribution in [3.05, 3.63) is 97.2 Å². The maximum absolute atomic E-state index is 12.8. The van der Waals surface area contributed by atoms with E-state index in [0.29, 0.717) is 6.42 Å². The first-order valence-electron chi connectivity index (χ1n) is 22.4. The van der Waals surface area contributed by atoms with Gasteiger partial charge in [-0.3, -0.25) is 13.8 Å². The van der Waals surface area contributed by atoms with Crippen LogP contribution in [0.1, 0.15) is 168 Å². The summed E-state index contributed by atoms with van der Waals surface area (Å²) in [7, 11) is -4.36. The third-order valence-electron chi connectivity index (χ3n) is 9.12. The Morgan fingerprint density at radius 2 is 1.04 bits per heavy atom. The predicted octanol–water partition coefficient (Wildman–Crippen LogP) is 12.8. The van der Waals surface area contributed by atoms with Crippen molar-refractivity contribution in [1.82, 2.24) is 5.32 Å². The summed E-state index contributed by atoms with van der Waals surface area (Å²) < 4.78 is 22.1. The summed E-state index contributed by atoms with van der Waals surface area (Å²) in [6.07, 6.45) is 58.8. The lowest BCUT2D eigenvalue weighted by atomic mass is 10.1. The van der Waals surface area contributed by atoms with E-state index in [0.717, 1.165) is 96.3 Å². The quantitative estimate of drug-likeness (QED) is 0.0275. The molecule has 3 atom stereocenters. The van der Waals surface area contributed by atoms with Crippen LogP contribution in [0.3, 0.4) is 0 Å². The van der Waals surface area contributed by atoms with E-state index < -0.39 is 20.0 Å². The minimum atomic E-state index is -4.36. The van der Waals surface area contributed by atoms with Crippen LogP contribution in [-0.2, 0) is 18.4 Å². The molecule has 0 aliphatic rings. The van der Waals surface area contributed by atoms with Gasteiger partial charge in [0.2, 0.25) is 5.91 Å². The molecular weight excluding hydrogens is 732 g/mol. The van der Waals surface area contributed by atoms with Gasteiger partial charge in [0.15, 0.2) is 0 Å². The first-order valence-corrected chi connectivity index (χ1v) is 23.9. The van der Waals surface area contributed by atoms with E-state index in [1.807, 2.05) is 6.08 Å². The van der Waals surface area contributed by atoms with Crippen LogP contribution in [0.15, 0.2) is 97.2 Å². The van der Waals surface area contributed by atoms with Crippen molar-refractivity contribution in [2.45, 2.75) is 180 Å². The molecule has 0 radical (unpaired) electrons. The van der Waals surface area contributed by atoms with E-state index in [9.17, 15) is 19.4 Å². The van der Waals surface area contributed by atoms with Crippen molar-refractivity contribution in [2.75, 3.05) is 19.8 Å². The molecule has 0 saturated carbocycles. The van der Waals surface area contributed by atoms with E-state index in [4.69, 9.17) is 14.8 Å². The standard InChI is InChI=1S/C48H83N2O6P/c1-3-5-7-9-11-13-15-17-19-20-21-22-23-24-25-26-28-30-32-34-36-38-40-42-48(52)50-46(45-56-57(53,54)55-44-43-49)47(51)41-39-37-35-33-31-29-27-18-16-14-12-10-8-6-4-2/h5,7,11,13,16-19,21-22,24-25,31,33,39,41,46-47,51H,3-4,6,8-10,12,14-15,20,23,26-30,32,34-38,40,42-45,49H2,1-2H3,(H,50,52)(H,53,54)/b7-5-,13-11-,18-16+,19-17-,22-21-,25-24-,33-31+,41-39+. The molecule has 8 nitrogen and oxygen atoms in total. The predicted molar refractivity (Wildman–Crippen MR) is 244 cm³/mol. The molecule has 0 spiro atoms. The zero-order valence-electron chi connectivity index (χ0n) is 36.0. The minimum Gasteiger partial charge on any atom is -0.387 e. The third-order valence-corrected chi connectivity index (χ3v) is 10.1. The summed E-state index contributed by atoms with van der Waals surface area (Å²) in [5.74, 6) is -0.225. The number of nitrogens with one attached hydrogen (secondary N) is 1. The van der Waals surface area contributed by atoms with Crippen LogP contribution < -0.4 is 11.1 Å². The number of unbranched alkanes of at least 4 members (excludes halogenated alkanes) is 14. The van der Waals surface area contributed by atoms with Crippen LogP contribution in [0.5, 0.6) is 0 Å². The molecule has 326 valence electrons. The zero-order chi connectivity index (χ0) is 41.8. The largest absolute Gasteiger partial charge is 0.472 e. The van der Waals surface area contributed by atoms with Gasteiger partial charge >= 0.3 is 7.82 Å². The fraction of sp³-hybridized carbons (Fsp3) is 0.646. The molecule has 1 amide bonds. The number of amides is 1. The average molecular weight is 815 g/mol. The smallest absolute Gasteiger partial charge is 0.387 e. The Hall–Kier alpha value is -2.58. The number of nitrogens with two attached hydrogens (primary N) is 1. The van der Waals surface area contributed by atoms with Gasteiger partial charge in [-0.05, 0) is 89.9 Å². The number of allylic oxidation sites excluding steroid dienone is 15. The zero-order valence-corrected chi connectivity index (χ0v) is 36.9. The fourth-order valence-corrected chi connectivity index (χ4v) is 6.54. The first-order chi connectivity index (χ1) is 27.9. The molecular formula is C48H83N2O6P. The van der Waals surface area contributed by atoms with Crippen LogP contribution >= 0.6 is 7.82 Å². The Morgan fingerprint density at radius 3 is 1.56 bits per heavy atom. The minimum absolute atomic E-state index is 0.0644. The number of aliphatic hydroxyl groups is 1. The van der Waals surface area contributed by atoms with Gasteiger partial charge in [0.05, 0.1) is 25.4 Å². The lowest BCUT2D eigenvalue weighted by Crippen LogP contribution is -2.45. The number of aliphatic hydroxyl groups excluding tert-OH is 1. The van der Waals surface area contributed by atoms with Crippen molar-refractivity contribution in [3.8, 4) is 0 Å². The maximum Gasteiger partial charge on any atom is 0.472 e. The summed E-state index contributed by atoms with van der Waals surface area (Å²) in [5.41, 5.74) is 5.37. The summed E-state index contributed by atoms with van der Waals surface area (Å²) in [4.78, 5) is 22.7. The summed E-state index contributed by atoms with van der Waals surface area (Å²) in [6.45, 7) is 3.94. The Bertz CT molecular complexity index is 1210. The molecule has 5 N–H and O–H groups in total. The van der Waals surface area contributed by atoms with Crippen molar-refractivity contribution in [1.29, 1.82) is 0 Å². The lowest BCUT2D eigenvalue weighted by molar-refractivity contribution is -0.123. The van der Waals surface area contributed by atoms with Crippen molar-refractivity contribution in [2.24, 2.45) is 5.73 Å². The van der Waals surface area contributed by atoms with E-state index in [1.54, 1.807) is 6.08 Å². The highest BCUT2D eigenvalue weighted by Crippen LogP contribution is 2.43. The molecule has 0 saturated heterocycles. The Kier molecular flexibility index (Phi) is 41.1. The van der Waals surface area contributed by atoms with Crippen LogP contribution in [0.2, 0.25) is 0 Å². The van der Waals surface area contributed by atoms with Crippen LogP contribution in [0, 0.1) is 0 Å². The van der Waals surface area contributed by atoms with Gasteiger partial charge < -0.3 is 21.1 Å². The molecule has 3 unspecified atom stereocenters. The van der Waals surface area contributed by atoms with Gasteiger partial charge in [0.25, 0.3) is 0 Å². The van der Waals surface area contributed by atoms with Gasteiger partial charge in [0, 0.05) is 13.0 Å². The number of hydrogen-bond acceptors (Lipinski definition) is 6. The van der Waals surface area contributed by atoms with Gasteiger partial charge in [0.1, 0.15) is 0 Å². The topological polar surface area (TPSA) is 131 Å². The maximum atomic E-state index is 12.8. The SMILES string of the molecule is CC/C=C\C/C=C\C/C=C\C/C=C\C/C=C\CCCCCCCCCC(=O)NC(COP(=O)(O)OCCN)C(O)/C=C/CC/C=C/CC/C=C/CCCCCCC. The van der Waals surface area contributed by atoms with Crippen LogP contribution in [0.25, 0.3) is 0 Å². The van der Waals surface area contributed by atoms with E-state index >= 15 is 0 Å². The number of phosphoric acid groups is 1. The number of rotatable bonds is 40. The third kappa shape index (κ3) is 41.4. The number of carbonyl (C=O) groups is 1. The highest BCUT2D eigenvalue weighted by atomic mass is 31.2. The van der Waals surface area contributed by atoms with Crippen molar-refractivity contribution < 1.29 is 28.4 Å². The normalized spacial score (nSPS) is 15.0. The second kappa shape index (κ2) is 43.0. The van der Waals surface area contributed by atoms with Crippen molar-refractivity contribution >= 4 is 13.7 Å². The van der Waals surface area contributed by atoms with E-state index in [1.165, 1.54) is 51.4 Å². The highest BCUT2D eigenvalue weighted by molar-refractivity contribution is 7.47. The van der Waals surface area contributed by atoms with Gasteiger partial charge in [-0.1, -0.05) is 169 Å². The number of phosphoric ester groups is 1. The van der Waals surface area contributed by atoms with Crippen LogP contribution in [-0.4, -0.2) is 47.8 Å².